The number of hydrazone groups is 1. The minimum Gasteiger partial charge on any atom is -0.447 e. The number of hydrogen-bond acceptors (Lipinski definition) is 5. The fourth-order valence-electron chi connectivity index (χ4n) is 4.63. The van der Waals surface area contributed by atoms with E-state index in [-0.39, 0.29) is 11.3 Å². The summed E-state index contributed by atoms with van der Waals surface area (Å²) >= 11 is 1.30. The average Bonchev–Trinajstić information content (AvgIpc) is 3.40. The molecule has 1 fully saturated rings. The predicted molar refractivity (Wildman–Crippen MR) is 122 cm³/mol. The summed E-state index contributed by atoms with van der Waals surface area (Å²) in [6, 6.07) is 28.5. The van der Waals surface area contributed by atoms with Crippen molar-refractivity contribution in [2.24, 2.45) is 5.10 Å². The van der Waals surface area contributed by atoms with Crippen molar-refractivity contribution in [3.63, 3.8) is 0 Å². The van der Waals surface area contributed by atoms with Gasteiger partial charge >= 0.3 is 0 Å². The quantitative estimate of drug-likeness (QED) is 0.573. The number of carbonyl (C=O) groups excluding carboxylic acids is 1. The van der Waals surface area contributed by atoms with Crippen LogP contribution in [0.5, 0.6) is 5.75 Å². The van der Waals surface area contributed by atoms with Gasteiger partial charge in [-0.3, -0.25) is 9.69 Å². The number of carbonyl (C=O) groups is 1. The van der Waals surface area contributed by atoms with E-state index in [1.54, 1.807) is 0 Å². The van der Waals surface area contributed by atoms with Crippen LogP contribution in [0.4, 0.5) is 4.79 Å². The fourth-order valence-corrected chi connectivity index (χ4v) is 5.66. The van der Waals surface area contributed by atoms with Crippen molar-refractivity contribution in [1.82, 2.24) is 9.91 Å². The van der Waals surface area contributed by atoms with Gasteiger partial charge in [0, 0.05) is 12.0 Å². The first-order valence-corrected chi connectivity index (χ1v) is 11.4. The van der Waals surface area contributed by atoms with Crippen LogP contribution in [0.1, 0.15) is 29.2 Å². The molecule has 0 saturated carbocycles. The SMILES string of the molecule is O=C1SC[C@]2(Oc3ccccc3[C@H]3CC(c4ccccc4)=NN32)N1Cc1ccccc1. The Morgan fingerprint density at radius 1 is 0.968 bits per heavy atom. The summed E-state index contributed by atoms with van der Waals surface area (Å²) in [6.45, 7) is 0.480. The minimum atomic E-state index is -0.937. The summed E-state index contributed by atoms with van der Waals surface area (Å²) in [6.07, 6.45) is 0.782. The second-order valence-electron chi connectivity index (χ2n) is 7.99. The molecule has 154 valence electrons. The van der Waals surface area contributed by atoms with Gasteiger partial charge in [-0.15, -0.1) is 0 Å². The summed E-state index contributed by atoms with van der Waals surface area (Å²) in [5.41, 5.74) is 4.32. The van der Waals surface area contributed by atoms with E-state index in [4.69, 9.17) is 9.84 Å². The monoisotopic (exact) mass is 427 g/mol. The molecule has 3 aromatic rings. The second-order valence-corrected chi connectivity index (χ2v) is 8.91. The molecule has 2 atom stereocenters. The topological polar surface area (TPSA) is 45.1 Å². The molecule has 3 heterocycles. The van der Waals surface area contributed by atoms with Crippen LogP contribution in [0.25, 0.3) is 0 Å². The van der Waals surface area contributed by atoms with E-state index in [1.807, 2.05) is 76.6 Å². The zero-order chi connectivity index (χ0) is 20.8. The molecule has 1 amide bonds. The predicted octanol–water partition coefficient (Wildman–Crippen LogP) is 5.25. The van der Waals surface area contributed by atoms with Crippen molar-refractivity contribution in [3.05, 3.63) is 102 Å². The van der Waals surface area contributed by atoms with Crippen LogP contribution < -0.4 is 4.74 Å². The largest absolute Gasteiger partial charge is 0.447 e. The zero-order valence-electron chi connectivity index (χ0n) is 16.8. The third kappa shape index (κ3) is 2.93. The van der Waals surface area contributed by atoms with E-state index in [1.165, 1.54) is 11.8 Å². The number of fused-ring (bicyclic) bond motifs is 4. The number of thioether (sulfide) groups is 1. The van der Waals surface area contributed by atoms with Crippen LogP contribution in [0.3, 0.4) is 0 Å². The molecule has 3 aromatic carbocycles. The van der Waals surface area contributed by atoms with Crippen molar-refractivity contribution in [2.75, 3.05) is 5.75 Å². The van der Waals surface area contributed by atoms with E-state index in [0.29, 0.717) is 12.3 Å². The number of para-hydroxylation sites is 1. The molecular weight excluding hydrogens is 406 g/mol. The summed E-state index contributed by atoms with van der Waals surface area (Å²) in [5, 5.41) is 7.12. The standard InChI is InChI=1S/C25H21N3O2S/c29-24-27(16-18-9-3-1-4-10-18)25(17-31-24)28-22(20-13-7-8-14-23(20)30-25)15-21(26-28)19-11-5-2-6-12-19/h1-14,22H,15-17H2/t22-,25+/m1/s1. The lowest BCUT2D eigenvalue weighted by Gasteiger charge is -2.48. The molecule has 3 aliphatic rings. The highest BCUT2D eigenvalue weighted by molar-refractivity contribution is 8.13. The highest BCUT2D eigenvalue weighted by atomic mass is 32.2. The van der Waals surface area contributed by atoms with E-state index in [2.05, 4.69) is 18.2 Å². The first-order chi connectivity index (χ1) is 15.2. The van der Waals surface area contributed by atoms with E-state index in [9.17, 15) is 4.79 Å². The molecule has 0 aromatic heterocycles. The smallest absolute Gasteiger partial charge is 0.292 e. The zero-order valence-corrected chi connectivity index (χ0v) is 17.7. The molecule has 1 saturated heterocycles. The van der Waals surface area contributed by atoms with Crippen LogP contribution in [0.15, 0.2) is 90.0 Å². The number of amides is 1. The Bertz CT molecular complexity index is 1170. The van der Waals surface area contributed by atoms with Gasteiger partial charge in [0.1, 0.15) is 5.75 Å². The number of benzene rings is 3. The third-order valence-electron chi connectivity index (χ3n) is 6.14. The molecule has 31 heavy (non-hydrogen) atoms. The van der Waals surface area contributed by atoms with Gasteiger partial charge in [0.2, 0.25) is 0 Å². The number of nitrogens with zero attached hydrogens (tertiary/aromatic N) is 3. The Morgan fingerprint density at radius 3 is 2.48 bits per heavy atom. The van der Waals surface area contributed by atoms with Crippen molar-refractivity contribution in [1.29, 1.82) is 0 Å². The van der Waals surface area contributed by atoms with Crippen molar-refractivity contribution in [3.8, 4) is 5.75 Å². The molecule has 6 heteroatoms. The summed E-state index contributed by atoms with van der Waals surface area (Å²) in [4.78, 5) is 14.9. The molecule has 3 aliphatic heterocycles. The molecule has 0 aliphatic carbocycles. The van der Waals surface area contributed by atoms with Gasteiger partial charge in [-0.1, -0.05) is 90.6 Å². The lowest BCUT2D eigenvalue weighted by atomic mass is 9.96. The second kappa shape index (κ2) is 7.17. The molecular formula is C25H21N3O2S. The fraction of sp³-hybridized carbons (Fsp3) is 0.200. The lowest BCUT2D eigenvalue weighted by Crippen LogP contribution is -2.63. The van der Waals surface area contributed by atoms with Crippen LogP contribution >= 0.6 is 11.8 Å². The summed E-state index contributed by atoms with van der Waals surface area (Å²) < 4.78 is 6.64. The van der Waals surface area contributed by atoms with Crippen LogP contribution in [0.2, 0.25) is 0 Å². The summed E-state index contributed by atoms with van der Waals surface area (Å²) in [7, 11) is 0. The van der Waals surface area contributed by atoms with Crippen molar-refractivity contribution in [2.45, 2.75) is 24.9 Å². The lowest BCUT2D eigenvalue weighted by molar-refractivity contribution is -0.180. The normalized spacial score (nSPS) is 24.1. The maximum atomic E-state index is 13.0. The average molecular weight is 428 g/mol. The number of ether oxygens (including phenoxy) is 1. The molecule has 1 spiro atoms. The molecule has 5 nitrogen and oxygen atoms in total. The Balaban J connectivity index is 1.47. The first-order valence-electron chi connectivity index (χ1n) is 10.4. The first kappa shape index (κ1) is 18.5. The van der Waals surface area contributed by atoms with E-state index in [0.717, 1.165) is 34.6 Å². The maximum absolute atomic E-state index is 13.0. The summed E-state index contributed by atoms with van der Waals surface area (Å²) in [5.74, 6) is 0.406. The van der Waals surface area contributed by atoms with Gasteiger partial charge in [-0.05, 0) is 17.2 Å². The molecule has 0 unspecified atom stereocenters. The Kier molecular flexibility index (Phi) is 4.28. The van der Waals surface area contributed by atoms with Crippen molar-refractivity contribution >= 4 is 22.7 Å². The van der Waals surface area contributed by atoms with Gasteiger partial charge < -0.3 is 4.74 Å². The maximum Gasteiger partial charge on any atom is 0.292 e. The van der Waals surface area contributed by atoms with Crippen LogP contribution in [0, 0.1) is 0 Å². The highest BCUT2D eigenvalue weighted by Crippen LogP contribution is 2.51. The molecule has 6 rings (SSSR count). The van der Waals surface area contributed by atoms with Gasteiger partial charge in [0.25, 0.3) is 11.1 Å². The van der Waals surface area contributed by atoms with Crippen molar-refractivity contribution < 1.29 is 9.53 Å². The van der Waals surface area contributed by atoms with Crippen LogP contribution in [-0.2, 0) is 6.54 Å². The van der Waals surface area contributed by atoms with Gasteiger partial charge in [0.05, 0.1) is 24.1 Å². The van der Waals surface area contributed by atoms with Gasteiger partial charge in [-0.25, -0.2) is 5.01 Å². The third-order valence-corrected chi connectivity index (χ3v) is 7.12. The van der Waals surface area contributed by atoms with E-state index >= 15 is 0 Å². The highest BCUT2D eigenvalue weighted by Gasteiger charge is 2.59. The Morgan fingerprint density at radius 2 is 1.68 bits per heavy atom. The Labute approximate surface area is 185 Å². The minimum absolute atomic E-state index is 0.0188. The molecule has 0 radical (unpaired) electrons. The van der Waals surface area contributed by atoms with Gasteiger partial charge in [0.15, 0.2) is 0 Å². The molecule has 0 N–H and O–H groups in total. The van der Waals surface area contributed by atoms with Gasteiger partial charge in [-0.2, -0.15) is 5.10 Å². The molecule has 0 bridgehead atoms. The number of hydrogen-bond donors (Lipinski definition) is 0. The van der Waals surface area contributed by atoms with Crippen LogP contribution in [-0.4, -0.2) is 32.5 Å². The van der Waals surface area contributed by atoms with E-state index < -0.39 is 5.85 Å². The number of rotatable bonds is 3. The Hall–Kier alpha value is -3.25.